The smallest absolute Gasteiger partial charge is 0.313 e. The van der Waals surface area contributed by atoms with Gasteiger partial charge < -0.3 is 25.4 Å². The van der Waals surface area contributed by atoms with Gasteiger partial charge in [0.15, 0.2) is 23.2 Å². The van der Waals surface area contributed by atoms with Gasteiger partial charge in [-0.25, -0.2) is 8.78 Å². The molecular weight excluding hydrogens is 601 g/mol. The molecule has 0 bridgehead atoms. The van der Waals surface area contributed by atoms with E-state index in [2.05, 4.69) is 15.4 Å². The minimum absolute atomic E-state index is 0.0298. The first-order valence-corrected chi connectivity index (χ1v) is 12.6. The number of anilines is 1. The summed E-state index contributed by atoms with van der Waals surface area (Å²) in [6.45, 7) is -1.27. The van der Waals surface area contributed by atoms with Crippen LogP contribution in [0.2, 0.25) is 10.0 Å². The molecule has 0 saturated carbocycles. The first-order valence-electron chi connectivity index (χ1n) is 11.8. The van der Waals surface area contributed by atoms with Crippen LogP contribution in [-0.2, 0) is 24.0 Å². The van der Waals surface area contributed by atoms with Crippen molar-refractivity contribution in [2.45, 2.75) is 25.3 Å². The van der Waals surface area contributed by atoms with E-state index in [9.17, 15) is 41.5 Å². The van der Waals surface area contributed by atoms with Gasteiger partial charge in [0.25, 0.3) is 0 Å². The highest BCUT2D eigenvalue weighted by Gasteiger charge is 2.33. The normalized spacial score (nSPS) is 14.2. The monoisotopic (exact) mass is 621 g/mol. The fraction of sp³-hybridized carbons (Fsp3) is 0.320. The average Bonchev–Trinajstić information content (AvgIpc) is 2.92. The van der Waals surface area contributed by atoms with Crippen molar-refractivity contribution in [3.63, 3.8) is 0 Å². The van der Waals surface area contributed by atoms with Crippen molar-refractivity contribution in [3.05, 3.63) is 57.6 Å². The number of ether oxygens (including phenoxy) is 1. The molecule has 3 rings (SSSR count). The zero-order valence-electron chi connectivity index (χ0n) is 20.8. The Kier molecular flexibility index (Phi) is 10.5. The molecule has 0 radical (unpaired) electrons. The molecule has 2 aromatic carbocycles. The average molecular weight is 622 g/mol. The van der Waals surface area contributed by atoms with E-state index in [0.717, 1.165) is 0 Å². The standard InChI is InChI=1S/C25H21Cl2F4N3O7/c26-12-1-2-13(27)16(7-12)32-24(39)25(40)34-5-3-11(4-6-34)23(38)33-17(9-19(36)37)18(35)10-41-22-20(30)14(28)8-15(29)21(22)31/h1-2,7-8,11,17H,3-6,9-10H2,(H,32,39)(H,33,38)(H,36,37)/t17-/m0/s1. The summed E-state index contributed by atoms with van der Waals surface area (Å²) in [5.41, 5.74) is 0.123. The molecule has 0 unspecified atom stereocenters. The Bertz CT molecular complexity index is 1360. The maximum Gasteiger partial charge on any atom is 0.313 e. The zero-order chi connectivity index (χ0) is 30.4. The number of carbonyl (C=O) groups is 5. The summed E-state index contributed by atoms with van der Waals surface area (Å²) in [6, 6.07) is 2.50. The van der Waals surface area contributed by atoms with E-state index >= 15 is 0 Å². The Morgan fingerprint density at radius 3 is 2.20 bits per heavy atom. The van der Waals surface area contributed by atoms with Crippen LogP contribution in [0.1, 0.15) is 19.3 Å². The third-order valence-corrected chi connectivity index (χ3v) is 6.60. The predicted molar refractivity (Wildman–Crippen MR) is 135 cm³/mol. The van der Waals surface area contributed by atoms with Crippen molar-refractivity contribution in [3.8, 4) is 5.75 Å². The van der Waals surface area contributed by atoms with Crippen LogP contribution < -0.4 is 15.4 Å². The molecule has 0 aromatic heterocycles. The Hall–Kier alpha value is -3.91. The van der Waals surface area contributed by atoms with Crippen LogP contribution in [0.4, 0.5) is 23.2 Å². The van der Waals surface area contributed by atoms with Gasteiger partial charge in [0.05, 0.1) is 17.1 Å². The maximum absolute atomic E-state index is 13.8. The molecule has 41 heavy (non-hydrogen) atoms. The molecule has 220 valence electrons. The summed E-state index contributed by atoms with van der Waals surface area (Å²) in [6.07, 6.45) is -0.835. The van der Waals surface area contributed by atoms with E-state index in [1.807, 2.05) is 0 Å². The summed E-state index contributed by atoms with van der Waals surface area (Å²) >= 11 is 11.8. The molecule has 1 heterocycles. The number of amides is 3. The van der Waals surface area contributed by atoms with Gasteiger partial charge in [0, 0.05) is 30.1 Å². The molecule has 3 amide bonds. The number of aliphatic carboxylic acids is 1. The molecule has 16 heteroatoms. The van der Waals surface area contributed by atoms with Gasteiger partial charge in [-0.05, 0) is 31.0 Å². The summed E-state index contributed by atoms with van der Waals surface area (Å²) in [5.74, 6) is -15.0. The first kappa shape index (κ1) is 31.6. The van der Waals surface area contributed by atoms with Gasteiger partial charge in [0.2, 0.25) is 17.5 Å². The number of benzene rings is 2. The van der Waals surface area contributed by atoms with Crippen LogP contribution in [0.25, 0.3) is 0 Å². The summed E-state index contributed by atoms with van der Waals surface area (Å²) in [4.78, 5) is 62.6. The number of carboxylic acid groups (broad SMARTS) is 1. The van der Waals surface area contributed by atoms with Gasteiger partial charge in [0.1, 0.15) is 12.6 Å². The van der Waals surface area contributed by atoms with Gasteiger partial charge in [-0.2, -0.15) is 8.78 Å². The van der Waals surface area contributed by atoms with E-state index in [1.54, 1.807) is 0 Å². The summed E-state index contributed by atoms with van der Waals surface area (Å²) in [5, 5.41) is 14.1. The fourth-order valence-corrected chi connectivity index (χ4v) is 4.23. The van der Waals surface area contributed by atoms with E-state index in [4.69, 9.17) is 28.3 Å². The number of carboxylic acids is 1. The molecule has 1 aliphatic rings. The van der Waals surface area contributed by atoms with Crippen LogP contribution in [0.15, 0.2) is 24.3 Å². The van der Waals surface area contributed by atoms with Crippen molar-refractivity contribution in [1.29, 1.82) is 0 Å². The second-order valence-corrected chi connectivity index (χ2v) is 9.70. The number of halogens is 6. The molecule has 0 aliphatic carbocycles. The number of nitrogens with zero attached hydrogens (tertiary/aromatic N) is 1. The number of piperidine rings is 1. The number of hydrogen-bond acceptors (Lipinski definition) is 6. The number of nitrogens with one attached hydrogen (secondary N) is 2. The number of likely N-dealkylation sites (tertiary alicyclic amines) is 1. The third kappa shape index (κ3) is 8.07. The van der Waals surface area contributed by atoms with E-state index < -0.39 is 83.5 Å². The van der Waals surface area contributed by atoms with Gasteiger partial charge in [-0.15, -0.1) is 0 Å². The number of carbonyl (C=O) groups excluding carboxylic acids is 4. The second kappa shape index (κ2) is 13.6. The Morgan fingerprint density at radius 2 is 1.61 bits per heavy atom. The molecular formula is C25H21Cl2F4N3O7. The second-order valence-electron chi connectivity index (χ2n) is 8.86. The van der Waals surface area contributed by atoms with Gasteiger partial charge >= 0.3 is 17.8 Å². The minimum atomic E-state index is -1.90. The van der Waals surface area contributed by atoms with Crippen LogP contribution in [0.3, 0.4) is 0 Å². The van der Waals surface area contributed by atoms with Crippen molar-refractivity contribution in [2.24, 2.45) is 5.92 Å². The molecule has 10 nitrogen and oxygen atoms in total. The highest BCUT2D eigenvalue weighted by Crippen LogP contribution is 2.27. The van der Waals surface area contributed by atoms with Crippen molar-refractivity contribution >= 4 is 58.4 Å². The lowest BCUT2D eigenvalue weighted by Gasteiger charge is -2.31. The highest BCUT2D eigenvalue weighted by atomic mass is 35.5. The van der Waals surface area contributed by atoms with Crippen LogP contribution in [-0.4, -0.2) is 65.2 Å². The van der Waals surface area contributed by atoms with Crippen molar-refractivity contribution in [1.82, 2.24) is 10.2 Å². The molecule has 1 fully saturated rings. The Morgan fingerprint density at radius 1 is 1.00 bits per heavy atom. The lowest BCUT2D eigenvalue weighted by Crippen LogP contribution is -2.50. The topological polar surface area (TPSA) is 142 Å². The molecule has 1 aliphatic heterocycles. The van der Waals surface area contributed by atoms with Crippen LogP contribution in [0.5, 0.6) is 5.75 Å². The number of rotatable bonds is 9. The molecule has 1 atom stereocenters. The van der Waals surface area contributed by atoms with Crippen molar-refractivity contribution in [2.75, 3.05) is 25.0 Å². The summed E-state index contributed by atoms with van der Waals surface area (Å²) < 4.78 is 58.9. The van der Waals surface area contributed by atoms with Crippen molar-refractivity contribution < 1.29 is 51.4 Å². The number of ketones is 1. The minimum Gasteiger partial charge on any atom is -0.481 e. The number of Topliss-reactive ketones (excluding diaryl/α,β-unsaturated/α-hetero) is 1. The van der Waals surface area contributed by atoms with Crippen LogP contribution >= 0.6 is 23.2 Å². The lowest BCUT2D eigenvalue weighted by atomic mass is 9.95. The first-order chi connectivity index (χ1) is 19.3. The Balaban J connectivity index is 1.57. The van der Waals surface area contributed by atoms with Gasteiger partial charge in [-0.1, -0.05) is 23.2 Å². The largest absolute Gasteiger partial charge is 0.481 e. The fourth-order valence-electron chi connectivity index (χ4n) is 3.89. The quantitative estimate of drug-likeness (QED) is 0.221. The highest BCUT2D eigenvalue weighted by molar-refractivity contribution is 6.42. The molecule has 1 saturated heterocycles. The maximum atomic E-state index is 13.8. The summed E-state index contributed by atoms with van der Waals surface area (Å²) in [7, 11) is 0. The van der Waals surface area contributed by atoms with E-state index in [1.165, 1.54) is 23.1 Å². The van der Waals surface area contributed by atoms with E-state index in [-0.39, 0.29) is 47.7 Å². The lowest BCUT2D eigenvalue weighted by molar-refractivity contribution is -0.145. The molecule has 3 N–H and O–H groups in total. The van der Waals surface area contributed by atoms with Gasteiger partial charge in [-0.3, -0.25) is 24.0 Å². The SMILES string of the molecule is O=C(O)C[C@H](NC(=O)C1CCN(C(=O)C(=O)Nc2cc(Cl)ccc2Cl)CC1)C(=O)COc1c(F)c(F)cc(F)c1F. The molecule has 0 spiro atoms. The number of hydrogen-bond donors (Lipinski definition) is 3. The Labute approximate surface area is 239 Å². The predicted octanol–water partition coefficient (Wildman–Crippen LogP) is 3.33. The third-order valence-electron chi connectivity index (χ3n) is 6.04. The van der Waals surface area contributed by atoms with E-state index in [0.29, 0.717) is 0 Å². The zero-order valence-corrected chi connectivity index (χ0v) is 22.3. The molecule has 2 aromatic rings. The van der Waals surface area contributed by atoms with Crippen LogP contribution in [0, 0.1) is 29.2 Å².